The minimum atomic E-state index is -1.14. The van der Waals surface area contributed by atoms with Gasteiger partial charge in [-0.05, 0) is 6.42 Å². The van der Waals surface area contributed by atoms with Gasteiger partial charge in [0.1, 0.15) is 5.38 Å². The fourth-order valence-corrected chi connectivity index (χ4v) is 1.37. The Morgan fingerprint density at radius 3 is 2.15 bits per heavy atom. The van der Waals surface area contributed by atoms with Gasteiger partial charge in [0, 0.05) is 14.1 Å². The van der Waals surface area contributed by atoms with Crippen LogP contribution in [0.2, 0.25) is 0 Å². The van der Waals surface area contributed by atoms with Crippen LogP contribution in [-0.2, 0) is 4.79 Å². The maximum Gasteiger partial charge on any atom is 1.00 e. The van der Waals surface area contributed by atoms with E-state index in [1.807, 2.05) is 0 Å². The molecule has 0 saturated carbocycles. The smallest absolute Gasteiger partial charge is 0.850 e. The first-order chi connectivity index (χ1) is 5.24. The number of alkyl halides is 1. The molecule has 1 atom stereocenters. The molecule has 3 nitrogen and oxygen atoms in total. The van der Waals surface area contributed by atoms with Gasteiger partial charge in [0.25, 0.3) is 0 Å². The summed E-state index contributed by atoms with van der Waals surface area (Å²) >= 11 is 5.72. The average molecular weight is 232 g/mol. The molecule has 1 amide bonds. The van der Waals surface area contributed by atoms with Crippen LogP contribution < -0.4 is 56.5 Å². The van der Waals surface area contributed by atoms with Crippen LogP contribution in [0.25, 0.3) is 0 Å². The zero-order chi connectivity index (χ0) is 9.94. The summed E-state index contributed by atoms with van der Waals surface area (Å²) in [4.78, 5) is 12.6. The maximum atomic E-state index is 11.2. The van der Waals surface area contributed by atoms with Crippen LogP contribution in [0, 0.1) is 0 Å². The van der Waals surface area contributed by atoms with Crippen LogP contribution in [0.1, 0.15) is 20.3 Å². The van der Waals surface area contributed by atoms with Gasteiger partial charge in [-0.3, -0.25) is 4.79 Å². The van der Waals surface area contributed by atoms with E-state index in [0.29, 0.717) is 0 Å². The van der Waals surface area contributed by atoms with Gasteiger partial charge in [0.2, 0.25) is 5.91 Å². The third-order valence-corrected chi connectivity index (χ3v) is 1.72. The Labute approximate surface area is 127 Å². The zero-order valence-electron chi connectivity index (χ0n) is 8.93. The molecule has 1 unspecified atom stereocenters. The average Bonchev–Trinajstić information content (AvgIpc) is 1.82. The molecular formula is C8H15ClKNO2. The normalized spacial score (nSPS) is 13.1. The second-order valence-electron chi connectivity index (χ2n) is 3.66. The van der Waals surface area contributed by atoms with Crippen molar-refractivity contribution in [3.63, 3.8) is 0 Å². The first-order valence-corrected chi connectivity index (χ1v) is 4.23. The molecule has 0 aliphatic heterocycles. The first kappa shape index (κ1) is 16.8. The Bertz CT molecular complexity index is 168. The van der Waals surface area contributed by atoms with E-state index in [4.69, 9.17) is 11.6 Å². The molecule has 5 heteroatoms. The van der Waals surface area contributed by atoms with Crippen LogP contribution in [-0.4, -0.2) is 35.9 Å². The van der Waals surface area contributed by atoms with E-state index in [0.717, 1.165) is 0 Å². The molecule has 72 valence electrons. The van der Waals surface area contributed by atoms with Crippen molar-refractivity contribution >= 4 is 17.5 Å². The summed E-state index contributed by atoms with van der Waals surface area (Å²) in [6.45, 7) is 3.04. The molecule has 0 aromatic carbocycles. The second-order valence-corrected chi connectivity index (χ2v) is 4.19. The number of halogens is 1. The van der Waals surface area contributed by atoms with Crippen molar-refractivity contribution in [2.75, 3.05) is 14.1 Å². The van der Waals surface area contributed by atoms with Gasteiger partial charge in [0.05, 0.1) is 0 Å². The summed E-state index contributed by atoms with van der Waals surface area (Å²) in [7, 11) is 3.24. The Kier molecular flexibility index (Phi) is 8.73. The van der Waals surface area contributed by atoms with Crippen molar-refractivity contribution in [3.05, 3.63) is 0 Å². The minimum absolute atomic E-state index is 0. The molecule has 0 aliphatic rings. The number of hydrogen-bond donors (Lipinski definition) is 0. The van der Waals surface area contributed by atoms with Gasteiger partial charge >= 0.3 is 51.4 Å². The van der Waals surface area contributed by atoms with Crippen LogP contribution in [0.5, 0.6) is 0 Å². The second kappa shape index (κ2) is 6.77. The van der Waals surface area contributed by atoms with Gasteiger partial charge in [-0.1, -0.05) is 13.8 Å². The van der Waals surface area contributed by atoms with Gasteiger partial charge in [-0.15, -0.1) is 17.2 Å². The molecular weight excluding hydrogens is 217 g/mol. The van der Waals surface area contributed by atoms with E-state index < -0.39 is 11.0 Å². The van der Waals surface area contributed by atoms with E-state index in [9.17, 15) is 9.90 Å². The number of carbonyl (C=O) groups is 1. The minimum Gasteiger partial charge on any atom is -0.850 e. The molecule has 0 fully saturated rings. The number of hydrogen-bond acceptors (Lipinski definition) is 2. The molecule has 0 saturated heterocycles. The Hall–Kier alpha value is 1.36. The summed E-state index contributed by atoms with van der Waals surface area (Å²) < 4.78 is 0. The summed E-state index contributed by atoms with van der Waals surface area (Å²) in [5, 5.41) is 10.5. The Morgan fingerprint density at radius 1 is 1.54 bits per heavy atom. The number of rotatable bonds is 3. The van der Waals surface area contributed by atoms with Crippen LogP contribution >= 0.6 is 11.6 Å². The summed E-state index contributed by atoms with van der Waals surface area (Å²) in [6.07, 6.45) is 0.158. The van der Waals surface area contributed by atoms with Gasteiger partial charge < -0.3 is 10.0 Å². The van der Waals surface area contributed by atoms with Crippen molar-refractivity contribution in [2.45, 2.75) is 31.2 Å². The monoisotopic (exact) mass is 231 g/mol. The van der Waals surface area contributed by atoms with Crippen molar-refractivity contribution in [1.82, 2.24) is 4.90 Å². The summed E-state index contributed by atoms with van der Waals surface area (Å²) in [6, 6.07) is 0. The van der Waals surface area contributed by atoms with Gasteiger partial charge in [-0.25, -0.2) is 0 Å². The molecule has 0 spiro atoms. The number of carbonyl (C=O) groups excluding carboxylic acids is 1. The van der Waals surface area contributed by atoms with E-state index in [1.54, 1.807) is 14.1 Å². The third-order valence-electron chi connectivity index (χ3n) is 1.38. The Morgan fingerprint density at radius 2 is 1.92 bits per heavy atom. The third kappa shape index (κ3) is 8.36. The van der Waals surface area contributed by atoms with E-state index in [1.165, 1.54) is 18.7 Å². The standard InChI is InChI=1S/C8H15ClNO2.K/c1-8(2,12)5-6(9)7(11)10(3)4;/h6H,5H2,1-4H3;/q-1;+1. The maximum absolute atomic E-state index is 11.2. The predicted octanol–water partition coefficient (Wildman–Crippen LogP) is -2.78. The molecule has 0 aliphatic carbocycles. The molecule has 0 bridgehead atoms. The SMILES string of the molecule is CN(C)C(=O)C(Cl)CC(C)(C)[O-].[K+]. The van der Waals surface area contributed by atoms with Crippen LogP contribution in [0.4, 0.5) is 0 Å². The molecule has 0 aromatic rings. The summed E-state index contributed by atoms with van der Waals surface area (Å²) in [5.41, 5.74) is -1.14. The van der Waals surface area contributed by atoms with Crippen molar-refractivity contribution in [3.8, 4) is 0 Å². The Balaban J connectivity index is 0. The van der Waals surface area contributed by atoms with E-state index >= 15 is 0 Å². The molecule has 0 rings (SSSR count). The molecule has 0 N–H and O–H groups in total. The molecule has 13 heavy (non-hydrogen) atoms. The topological polar surface area (TPSA) is 43.4 Å². The zero-order valence-corrected chi connectivity index (χ0v) is 12.8. The van der Waals surface area contributed by atoms with Crippen LogP contribution in [0.3, 0.4) is 0 Å². The first-order valence-electron chi connectivity index (χ1n) is 3.79. The van der Waals surface area contributed by atoms with Crippen molar-refractivity contribution in [2.24, 2.45) is 0 Å². The van der Waals surface area contributed by atoms with Gasteiger partial charge in [-0.2, -0.15) is 0 Å². The predicted molar refractivity (Wildman–Crippen MR) is 47.0 cm³/mol. The summed E-state index contributed by atoms with van der Waals surface area (Å²) in [5.74, 6) is -0.208. The number of amides is 1. The van der Waals surface area contributed by atoms with Crippen molar-refractivity contribution in [1.29, 1.82) is 0 Å². The quantitative estimate of drug-likeness (QED) is 0.390. The molecule has 0 radical (unpaired) electrons. The van der Waals surface area contributed by atoms with Crippen LogP contribution in [0.15, 0.2) is 0 Å². The van der Waals surface area contributed by atoms with E-state index in [2.05, 4.69) is 0 Å². The molecule has 0 aromatic heterocycles. The molecule has 0 heterocycles. The van der Waals surface area contributed by atoms with Crippen molar-refractivity contribution < 1.29 is 61.3 Å². The van der Waals surface area contributed by atoms with Gasteiger partial charge in [0.15, 0.2) is 0 Å². The van der Waals surface area contributed by atoms with E-state index in [-0.39, 0.29) is 63.7 Å². The largest absolute Gasteiger partial charge is 1.00 e. The number of nitrogens with zero attached hydrogens (tertiary/aromatic N) is 1. The fourth-order valence-electron chi connectivity index (χ4n) is 0.799. The fraction of sp³-hybridized carbons (Fsp3) is 0.875.